The number of ether oxygens (including phenoxy) is 1. The van der Waals surface area contributed by atoms with E-state index in [2.05, 4.69) is 21.5 Å². The van der Waals surface area contributed by atoms with E-state index < -0.39 is 0 Å². The first-order valence-electron chi connectivity index (χ1n) is 4.53. The van der Waals surface area contributed by atoms with Gasteiger partial charge in [-0.05, 0) is 29.3 Å². The van der Waals surface area contributed by atoms with Gasteiger partial charge in [-0.15, -0.1) is 0 Å². The maximum absolute atomic E-state index is 10.9. The molecule has 1 N–H and O–H groups in total. The first-order chi connectivity index (χ1) is 6.72. The van der Waals surface area contributed by atoms with Crippen molar-refractivity contribution in [2.24, 2.45) is 0 Å². The highest BCUT2D eigenvalue weighted by molar-refractivity contribution is 7.07. The van der Waals surface area contributed by atoms with E-state index in [0.717, 1.165) is 6.54 Å². The Morgan fingerprint density at radius 3 is 3.07 bits per heavy atom. The number of esters is 1. The SMILES string of the molecule is COC(=O)CC(C)NCc1ccsc1. The van der Waals surface area contributed by atoms with Crippen molar-refractivity contribution in [1.29, 1.82) is 0 Å². The second kappa shape index (κ2) is 5.78. The molecule has 1 aromatic rings. The summed E-state index contributed by atoms with van der Waals surface area (Å²) in [7, 11) is 1.41. The Labute approximate surface area is 88.1 Å². The second-order valence-electron chi connectivity index (χ2n) is 3.19. The van der Waals surface area contributed by atoms with Crippen LogP contribution in [0.3, 0.4) is 0 Å². The molecule has 0 bridgehead atoms. The molecule has 0 saturated carbocycles. The van der Waals surface area contributed by atoms with E-state index in [4.69, 9.17) is 0 Å². The molecule has 0 saturated heterocycles. The third-order valence-corrected chi connectivity index (χ3v) is 2.67. The lowest BCUT2D eigenvalue weighted by Gasteiger charge is -2.11. The van der Waals surface area contributed by atoms with E-state index in [1.807, 2.05) is 12.3 Å². The molecule has 0 spiro atoms. The lowest BCUT2D eigenvalue weighted by molar-refractivity contribution is -0.141. The first kappa shape index (κ1) is 11.2. The van der Waals surface area contributed by atoms with Crippen molar-refractivity contribution >= 4 is 17.3 Å². The van der Waals surface area contributed by atoms with Gasteiger partial charge in [0.05, 0.1) is 13.5 Å². The number of thiophene rings is 1. The van der Waals surface area contributed by atoms with Gasteiger partial charge in [-0.2, -0.15) is 11.3 Å². The van der Waals surface area contributed by atoms with E-state index in [-0.39, 0.29) is 12.0 Å². The van der Waals surface area contributed by atoms with Crippen LogP contribution in [-0.2, 0) is 16.1 Å². The molecule has 0 amide bonds. The van der Waals surface area contributed by atoms with Crippen molar-refractivity contribution < 1.29 is 9.53 Å². The van der Waals surface area contributed by atoms with Gasteiger partial charge in [0.1, 0.15) is 0 Å². The predicted octanol–water partition coefficient (Wildman–Crippen LogP) is 1.79. The van der Waals surface area contributed by atoms with Gasteiger partial charge >= 0.3 is 5.97 Å². The van der Waals surface area contributed by atoms with Crippen LogP contribution in [0.5, 0.6) is 0 Å². The molecule has 1 unspecified atom stereocenters. The zero-order chi connectivity index (χ0) is 10.4. The van der Waals surface area contributed by atoms with E-state index in [0.29, 0.717) is 6.42 Å². The molecule has 1 atom stereocenters. The van der Waals surface area contributed by atoms with Gasteiger partial charge in [-0.1, -0.05) is 0 Å². The summed E-state index contributed by atoms with van der Waals surface area (Å²) >= 11 is 1.68. The van der Waals surface area contributed by atoms with Crippen molar-refractivity contribution in [3.8, 4) is 0 Å². The number of carbonyl (C=O) groups is 1. The van der Waals surface area contributed by atoms with E-state index in [1.54, 1.807) is 11.3 Å². The summed E-state index contributed by atoms with van der Waals surface area (Å²) in [6.07, 6.45) is 0.417. The zero-order valence-electron chi connectivity index (χ0n) is 8.45. The minimum absolute atomic E-state index is 0.155. The average molecular weight is 213 g/mol. The van der Waals surface area contributed by atoms with Crippen LogP contribution in [0.1, 0.15) is 18.9 Å². The summed E-state index contributed by atoms with van der Waals surface area (Å²) in [6.45, 7) is 2.78. The highest BCUT2D eigenvalue weighted by atomic mass is 32.1. The van der Waals surface area contributed by atoms with Crippen LogP contribution in [0.25, 0.3) is 0 Å². The van der Waals surface area contributed by atoms with E-state index in [1.165, 1.54) is 12.7 Å². The first-order valence-corrected chi connectivity index (χ1v) is 5.48. The minimum atomic E-state index is -0.171. The number of carbonyl (C=O) groups excluding carboxylic acids is 1. The zero-order valence-corrected chi connectivity index (χ0v) is 9.26. The molecule has 4 heteroatoms. The molecule has 0 aliphatic rings. The van der Waals surface area contributed by atoms with Crippen LogP contribution >= 0.6 is 11.3 Å². The fourth-order valence-electron chi connectivity index (χ4n) is 1.09. The second-order valence-corrected chi connectivity index (χ2v) is 3.97. The third kappa shape index (κ3) is 3.89. The van der Waals surface area contributed by atoms with Gasteiger partial charge in [0, 0.05) is 12.6 Å². The van der Waals surface area contributed by atoms with E-state index >= 15 is 0 Å². The van der Waals surface area contributed by atoms with Crippen LogP contribution in [0.2, 0.25) is 0 Å². The topological polar surface area (TPSA) is 38.3 Å². The predicted molar refractivity (Wildman–Crippen MR) is 57.3 cm³/mol. The normalized spacial score (nSPS) is 12.4. The van der Waals surface area contributed by atoms with Crippen LogP contribution in [0.4, 0.5) is 0 Å². The molecule has 3 nitrogen and oxygen atoms in total. The lowest BCUT2D eigenvalue weighted by atomic mass is 10.2. The van der Waals surface area contributed by atoms with Gasteiger partial charge < -0.3 is 10.1 Å². The third-order valence-electron chi connectivity index (χ3n) is 1.94. The summed E-state index contributed by atoms with van der Waals surface area (Å²) in [5.74, 6) is -0.171. The minimum Gasteiger partial charge on any atom is -0.469 e. The van der Waals surface area contributed by atoms with Crippen molar-refractivity contribution in [3.63, 3.8) is 0 Å². The molecule has 1 aromatic heterocycles. The lowest BCUT2D eigenvalue weighted by Crippen LogP contribution is -2.28. The number of methoxy groups -OCH3 is 1. The standard InChI is InChI=1S/C10H15NO2S/c1-8(5-10(12)13-2)11-6-9-3-4-14-7-9/h3-4,7-8,11H,5-6H2,1-2H3. The molecular formula is C10H15NO2S. The van der Waals surface area contributed by atoms with Crippen molar-refractivity contribution in [1.82, 2.24) is 5.32 Å². The van der Waals surface area contributed by atoms with Crippen molar-refractivity contribution in [2.75, 3.05) is 7.11 Å². The summed E-state index contributed by atoms with van der Waals surface area (Å²) in [5.41, 5.74) is 1.26. The Hall–Kier alpha value is -0.870. The van der Waals surface area contributed by atoms with Gasteiger partial charge in [0.2, 0.25) is 0 Å². The van der Waals surface area contributed by atoms with Gasteiger partial charge in [-0.3, -0.25) is 4.79 Å². The van der Waals surface area contributed by atoms with Crippen LogP contribution < -0.4 is 5.32 Å². The Bertz CT molecular complexity index is 272. The molecule has 0 fully saturated rings. The maximum atomic E-state index is 10.9. The molecule has 0 aliphatic heterocycles. The molecular weight excluding hydrogens is 198 g/mol. The van der Waals surface area contributed by atoms with Crippen molar-refractivity contribution in [2.45, 2.75) is 25.9 Å². The monoisotopic (exact) mass is 213 g/mol. The Kier molecular flexibility index (Phi) is 4.62. The fraction of sp³-hybridized carbons (Fsp3) is 0.500. The van der Waals surface area contributed by atoms with Gasteiger partial charge in [0.15, 0.2) is 0 Å². The van der Waals surface area contributed by atoms with Gasteiger partial charge in [0.25, 0.3) is 0 Å². The van der Waals surface area contributed by atoms with Crippen LogP contribution in [-0.4, -0.2) is 19.1 Å². The Morgan fingerprint density at radius 2 is 2.50 bits per heavy atom. The Balaban J connectivity index is 2.21. The summed E-state index contributed by atoms with van der Waals surface area (Å²) < 4.78 is 4.58. The van der Waals surface area contributed by atoms with Gasteiger partial charge in [-0.25, -0.2) is 0 Å². The number of hydrogen-bond acceptors (Lipinski definition) is 4. The summed E-state index contributed by atoms with van der Waals surface area (Å²) in [6, 6.07) is 2.23. The van der Waals surface area contributed by atoms with Crippen LogP contribution in [0.15, 0.2) is 16.8 Å². The molecule has 1 rings (SSSR count). The molecule has 0 aliphatic carbocycles. The number of nitrogens with one attached hydrogen (secondary N) is 1. The molecule has 78 valence electrons. The number of hydrogen-bond donors (Lipinski definition) is 1. The molecule has 0 radical (unpaired) electrons. The smallest absolute Gasteiger partial charge is 0.307 e. The largest absolute Gasteiger partial charge is 0.469 e. The Morgan fingerprint density at radius 1 is 1.71 bits per heavy atom. The molecule has 0 aromatic carbocycles. The maximum Gasteiger partial charge on any atom is 0.307 e. The number of rotatable bonds is 5. The summed E-state index contributed by atoms with van der Waals surface area (Å²) in [5, 5.41) is 7.39. The molecule has 1 heterocycles. The quantitative estimate of drug-likeness (QED) is 0.758. The van der Waals surface area contributed by atoms with Crippen LogP contribution in [0, 0.1) is 0 Å². The fourth-order valence-corrected chi connectivity index (χ4v) is 1.76. The molecule has 14 heavy (non-hydrogen) atoms. The highest BCUT2D eigenvalue weighted by Gasteiger charge is 2.07. The van der Waals surface area contributed by atoms with Crippen molar-refractivity contribution in [3.05, 3.63) is 22.4 Å². The average Bonchev–Trinajstić information content (AvgIpc) is 2.67. The summed E-state index contributed by atoms with van der Waals surface area (Å²) in [4.78, 5) is 10.9. The highest BCUT2D eigenvalue weighted by Crippen LogP contribution is 2.05. The van der Waals surface area contributed by atoms with E-state index in [9.17, 15) is 4.79 Å².